The molecule has 1 N–H and O–H groups in total. The maximum Gasteiger partial charge on any atom is 0.0396 e. The fraction of sp³-hybridized carbons (Fsp3) is 0.625. The summed E-state index contributed by atoms with van der Waals surface area (Å²) in [5.41, 5.74) is 2.84. The van der Waals surface area contributed by atoms with Gasteiger partial charge in [0.1, 0.15) is 0 Å². The van der Waals surface area contributed by atoms with Gasteiger partial charge in [0.05, 0.1) is 0 Å². The number of piperazine rings is 1. The highest BCUT2D eigenvalue weighted by Crippen LogP contribution is 2.27. The van der Waals surface area contributed by atoms with Crippen molar-refractivity contribution >= 4 is 5.69 Å². The van der Waals surface area contributed by atoms with E-state index < -0.39 is 0 Å². The normalized spacial score (nSPS) is 24.9. The van der Waals surface area contributed by atoms with Crippen LogP contribution >= 0.6 is 0 Å². The summed E-state index contributed by atoms with van der Waals surface area (Å²) in [6.45, 7) is 10.7. The van der Waals surface area contributed by atoms with E-state index in [0.29, 0.717) is 0 Å². The fourth-order valence-electron chi connectivity index (χ4n) is 3.38. The molecule has 3 nitrogen and oxygen atoms in total. The van der Waals surface area contributed by atoms with Gasteiger partial charge in [0.15, 0.2) is 0 Å². The highest BCUT2D eigenvalue weighted by Gasteiger charge is 2.25. The Labute approximate surface area is 116 Å². The molecule has 0 aliphatic carbocycles. The Morgan fingerprint density at radius 2 is 1.95 bits per heavy atom. The van der Waals surface area contributed by atoms with Gasteiger partial charge in [-0.25, -0.2) is 0 Å². The van der Waals surface area contributed by atoms with Crippen LogP contribution in [0, 0.1) is 12.8 Å². The van der Waals surface area contributed by atoms with Gasteiger partial charge in [-0.3, -0.25) is 0 Å². The van der Waals surface area contributed by atoms with Crippen molar-refractivity contribution in [3.05, 3.63) is 29.8 Å². The largest absolute Gasteiger partial charge is 0.371 e. The van der Waals surface area contributed by atoms with Crippen molar-refractivity contribution in [2.75, 3.05) is 50.7 Å². The summed E-state index contributed by atoms with van der Waals surface area (Å²) in [6, 6.07) is 8.78. The molecule has 3 heteroatoms. The van der Waals surface area contributed by atoms with Crippen molar-refractivity contribution in [3.8, 4) is 0 Å². The van der Waals surface area contributed by atoms with Crippen LogP contribution in [-0.2, 0) is 0 Å². The van der Waals surface area contributed by atoms with Crippen LogP contribution in [0.3, 0.4) is 0 Å². The van der Waals surface area contributed by atoms with E-state index in [1.54, 1.807) is 0 Å². The minimum absolute atomic E-state index is 0.845. The third kappa shape index (κ3) is 3.10. The second kappa shape index (κ2) is 5.93. The molecule has 3 rings (SSSR count). The van der Waals surface area contributed by atoms with Crippen molar-refractivity contribution in [1.82, 2.24) is 10.2 Å². The molecule has 1 atom stereocenters. The van der Waals surface area contributed by atoms with E-state index in [1.807, 2.05) is 0 Å². The van der Waals surface area contributed by atoms with Crippen LogP contribution in [0.15, 0.2) is 24.3 Å². The van der Waals surface area contributed by atoms with Gasteiger partial charge in [-0.1, -0.05) is 18.2 Å². The molecule has 2 aliphatic heterocycles. The van der Waals surface area contributed by atoms with Crippen LogP contribution in [0.4, 0.5) is 5.69 Å². The van der Waals surface area contributed by atoms with E-state index >= 15 is 0 Å². The number of hydrogen-bond acceptors (Lipinski definition) is 3. The summed E-state index contributed by atoms with van der Waals surface area (Å²) in [4.78, 5) is 5.20. The third-order valence-electron chi connectivity index (χ3n) is 4.47. The molecular weight excluding hydrogens is 234 g/mol. The van der Waals surface area contributed by atoms with Gasteiger partial charge in [-0.15, -0.1) is 0 Å². The topological polar surface area (TPSA) is 18.5 Å². The molecule has 0 aromatic heterocycles. The monoisotopic (exact) mass is 259 g/mol. The maximum atomic E-state index is 3.43. The molecule has 0 saturated carbocycles. The van der Waals surface area contributed by atoms with E-state index in [-0.39, 0.29) is 0 Å². The van der Waals surface area contributed by atoms with Gasteiger partial charge in [0, 0.05) is 51.5 Å². The zero-order valence-electron chi connectivity index (χ0n) is 11.9. The van der Waals surface area contributed by atoms with E-state index in [9.17, 15) is 0 Å². The highest BCUT2D eigenvalue weighted by atomic mass is 15.2. The molecule has 2 fully saturated rings. The van der Waals surface area contributed by atoms with Crippen LogP contribution in [0.1, 0.15) is 12.0 Å². The smallest absolute Gasteiger partial charge is 0.0396 e. The Balaban J connectivity index is 1.56. The summed E-state index contributed by atoms with van der Waals surface area (Å²) < 4.78 is 0. The Bertz CT molecular complexity index is 412. The average Bonchev–Trinajstić information content (AvgIpc) is 2.89. The first-order valence-electron chi connectivity index (χ1n) is 7.56. The first-order valence-corrected chi connectivity index (χ1v) is 7.56. The lowest BCUT2D eigenvalue weighted by molar-refractivity contribution is 0.212. The predicted octanol–water partition coefficient (Wildman–Crippen LogP) is 1.73. The summed E-state index contributed by atoms with van der Waals surface area (Å²) >= 11 is 0. The molecule has 19 heavy (non-hydrogen) atoms. The number of nitrogens with one attached hydrogen (secondary N) is 1. The fourth-order valence-corrected chi connectivity index (χ4v) is 3.38. The number of anilines is 1. The lowest BCUT2D eigenvalue weighted by Crippen LogP contribution is -2.45. The Kier molecular flexibility index (Phi) is 4.04. The van der Waals surface area contributed by atoms with Crippen molar-refractivity contribution in [1.29, 1.82) is 0 Å². The van der Waals surface area contributed by atoms with Gasteiger partial charge < -0.3 is 15.1 Å². The van der Waals surface area contributed by atoms with E-state index in [2.05, 4.69) is 46.3 Å². The van der Waals surface area contributed by atoms with Gasteiger partial charge in [-0.2, -0.15) is 0 Å². The zero-order chi connectivity index (χ0) is 13.1. The molecule has 1 aromatic carbocycles. The van der Waals surface area contributed by atoms with Gasteiger partial charge in [-0.05, 0) is 30.9 Å². The van der Waals surface area contributed by atoms with E-state index in [4.69, 9.17) is 0 Å². The van der Waals surface area contributed by atoms with E-state index in [0.717, 1.165) is 19.0 Å². The number of rotatable bonds is 3. The molecular formula is C16H25N3. The standard InChI is InChI=1S/C16H25N3/c1-14-4-2-3-5-16(14)19-9-6-15(13-19)12-18-10-7-17-8-11-18/h2-5,15,17H,6-13H2,1H3. The van der Waals surface area contributed by atoms with Crippen molar-refractivity contribution in [3.63, 3.8) is 0 Å². The number of para-hydroxylation sites is 1. The first-order chi connectivity index (χ1) is 9.33. The molecule has 2 heterocycles. The minimum atomic E-state index is 0.845. The first kappa shape index (κ1) is 12.9. The van der Waals surface area contributed by atoms with Gasteiger partial charge in [0.2, 0.25) is 0 Å². The second-order valence-corrected chi connectivity index (χ2v) is 5.94. The molecule has 1 unspecified atom stereocenters. The minimum Gasteiger partial charge on any atom is -0.371 e. The molecule has 2 saturated heterocycles. The predicted molar refractivity (Wildman–Crippen MR) is 80.8 cm³/mol. The van der Waals surface area contributed by atoms with Crippen LogP contribution in [-0.4, -0.2) is 50.7 Å². The number of aryl methyl sites for hydroxylation is 1. The summed E-state index contributed by atoms with van der Waals surface area (Å²) in [6.07, 6.45) is 1.35. The number of hydrogen-bond donors (Lipinski definition) is 1. The van der Waals surface area contributed by atoms with Crippen LogP contribution in [0.25, 0.3) is 0 Å². The Morgan fingerprint density at radius 1 is 1.16 bits per heavy atom. The molecule has 0 bridgehead atoms. The molecule has 0 radical (unpaired) electrons. The van der Waals surface area contributed by atoms with Crippen LogP contribution in [0.2, 0.25) is 0 Å². The lowest BCUT2D eigenvalue weighted by Gasteiger charge is -2.29. The SMILES string of the molecule is Cc1ccccc1N1CCC(CN2CCNCC2)C1. The third-order valence-corrected chi connectivity index (χ3v) is 4.47. The Morgan fingerprint density at radius 3 is 2.74 bits per heavy atom. The van der Waals surface area contributed by atoms with Crippen molar-refractivity contribution in [2.24, 2.45) is 5.92 Å². The van der Waals surface area contributed by atoms with Gasteiger partial charge in [0.25, 0.3) is 0 Å². The number of benzene rings is 1. The number of nitrogens with zero attached hydrogens (tertiary/aromatic N) is 2. The van der Waals surface area contributed by atoms with Crippen LogP contribution in [0.5, 0.6) is 0 Å². The lowest BCUT2D eigenvalue weighted by atomic mass is 10.1. The van der Waals surface area contributed by atoms with Crippen LogP contribution < -0.4 is 10.2 Å². The van der Waals surface area contributed by atoms with Crippen molar-refractivity contribution in [2.45, 2.75) is 13.3 Å². The molecule has 0 spiro atoms. The Hall–Kier alpha value is -1.06. The second-order valence-electron chi connectivity index (χ2n) is 5.94. The summed E-state index contributed by atoms with van der Waals surface area (Å²) in [5.74, 6) is 0.845. The molecule has 0 amide bonds. The molecule has 104 valence electrons. The highest BCUT2D eigenvalue weighted by molar-refractivity contribution is 5.53. The molecule has 2 aliphatic rings. The molecule has 1 aromatic rings. The summed E-state index contributed by atoms with van der Waals surface area (Å²) in [5, 5.41) is 3.43. The zero-order valence-corrected chi connectivity index (χ0v) is 11.9. The van der Waals surface area contributed by atoms with E-state index in [1.165, 1.54) is 50.4 Å². The average molecular weight is 259 g/mol. The maximum absolute atomic E-state index is 3.43. The van der Waals surface area contributed by atoms with Crippen molar-refractivity contribution < 1.29 is 0 Å². The van der Waals surface area contributed by atoms with Gasteiger partial charge >= 0.3 is 0 Å². The summed E-state index contributed by atoms with van der Waals surface area (Å²) in [7, 11) is 0. The quantitative estimate of drug-likeness (QED) is 0.892.